The molecular formula is C25H18Cl2FNO5. The zero-order valence-electron chi connectivity index (χ0n) is 18.0. The number of amides is 1. The minimum Gasteiger partial charge on any atom is -0.506 e. The monoisotopic (exact) mass is 501 g/mol. The predicted octanol–water partition coefficient (Wildman–Crippen LogP) is 5.78. The highest BCUT2D eigenvalue weighted by Crippen LogP contribution is 2.45. The van der Waals surface area contributed by atoms with E-state index in [4.69, 9.17) is 32.7 Å². The first kappa shape index (κ1) is 23.6. The van der Waals surface area contributed by atoms with Gasteiger partial charge in [0.1, 0.15) is 28.6 Å². The number of ether oxygens (including phenoxy) is 2. The van der Waals surface area contributed by atoms with Crippen molar-refractivity contribution in [1.82, 2.24) is 0 Å². The Labute approximate surface area is 204 Å². The van der Waals surface area contributed by atoms with Crippen LogP contribution in [0.15, 0.2) is 66.2 Å². The maximum Gasteiger partial charge on any atom is 0.300 e. The number of benzene rings is 3. The summed E-state index contributed by atoms with van der Waals surface area (Å²) in [5, 5.41) is 11.6. The lowest BCUT2D eigenvalue weighted by molar-refractivity contribution is -0.132. The van der Waals surface area contributed by atoms with Gasteiger partial charge in [0.15, 0.2) is 0 Å². The van der Waals surface area contributed by atoms with Crippen LogP contribution in [0, 0.1) is 5.82 Å². The van der Waals surface area contributed by atoms with Gasteiger partial charge in [-0.2, -0.15) is 0 Å². The van der Waals surface area contributed by atoms with Crippen LogP contribution in [0.25, 0.3) is 5.76 Å². The molecule has 4 rings (SSSR count). The van der Waals surface area contributed by atoms with Crippen LogP contribution in [0.4, 0.5) is 10.1 Å². The molecule has 1 atom stereocenters. The molecule has 0 spiro atoms. The van der Waals surface area contributed by atoms with Crippen molar-refractivity contribution in [1.29, 1.82) is 0 Å². The summed E-state index contributed by atoms with van der Waals surface area (Å²) in [4.78, 5) is 27.7. The highest BCUT2D eigenvalue weighted by molar-refractivity contribution is 6.52. The van der Waals surface area contributed by atoms with Gasteiger partial charge in [-0.25, -0.2) is 4.39 Å². The molecule has 3 aromatic carbocycles. The molecule has 1 unspecified atom stereocenters. The van der Waals surface area contributed by atoms with E-state index < -0.39 is 29.3 Å². The summed E-state index contributed by atoms with van der Waals surface area (Å²) in [7, 11) is 2.81. The maximum atomic E-state index is 13.8. The lowest BCUT2D eigenvalue weighted by Crippen LogP contribution is -2.29. The predicted molar refractivity (Wildman–Crippen MR) is 127 cm³/mol. The summed E-state index contributed by atoms with van der Waals surface area (Å²) in [5.41, 5.74) is 0.580. The Hall–Kier alpha value is -3.55. The van der Waals surface area contributed by atoms with E-state index in [1.165, 1.54) is 26.4 Å². The van der Waals surface area contributed by atoms with Gasteiger partial charge in [-0.15, -0.1) is 0 Å². The quantitative estimate of drug-likeness (QED) is 0.272. The van der Waals surface area contributed by atoms with Crippen molar-refractivity contribution < 1.29 is 28.6 Å². The molecule has 1 fully saturated rings. The maximum absolute atomic E-state index is 13.8. The third-order valence-electron chi connectivity index (χ3n) is 5.48. The number of hydrogen-bond acceptors (Lipinski definition) is 5. The van der Waals surface area contributed by atoms with Crippen LogP contribution in [-0.4, -0.2) is 31.0 Å². The van der Waals surface area contributed by atoms with Crippen LogP contribution in [0.5, 0.6) is 11.5 Å². The van der Waals surface area contributed by atoms with Crippen molar-refractivity contribution in [2.75, 3.05) is 19.1 Å². The summed E-state index contributed by atoms with van der Waals surface area (Å²) < 4.78 is 24.6. The highest BCUT2D eigenvalue weighted by Gasteiger charge is 2.47. The molecule has 0 saturated carbocycles. The first-order chi connectivity index (χ1) is 16.3. The van der Waals surface area contributed by atoms with Crippen LogP contribution in [0.3, 0.4) is 0 Å². The number of rotatable bonds is 5. The summed E-state index contributed by atoms with van der Waals surface area (Å²) in [6.45, 7) is 0. The van der Waals surface area contributed by atoms with Gasteiger partial charge in [-0.05, 0) is 48.0 Å². The Morgan fingerprint density at radius 1 is 0.971 bits per heavy atom. The van der Waals surface area contributed by atoms with Crippen LogP contribution >= 0.6 is 23.2 Å². The molecule has 1 N–H and O–H groups in total. The van der Waals surface area contributed by atoms with E-state index in [2.05, 4.69) is 0 Å². The number of anilines is 1. The van der Waals surface area contributed by atoms with Gasteiger partial charge in [0.05, 0.1) is 30.9 Å². The molecule has 1 heterocycles. The first-order valence-electron chi connectivity index (χ1n) is 10.0. The van der Waals surface area contributed by atoms with Gasteiger partial charge in [-0.1, -0.05) is 41.4 Å². The number of carbonyl (C=O) groups is 2. The molecule has 0 radical (unpaired) electrons. The Morgan fingerprint density at radius 3 is 2.15 bits per heavy atom. The third kappa shape index (κ3) is 3.97. The van der Waals surface area contributed by atoms with Crippen molar-refractivity contribution >= 4 is 46.3 Å². The number of Topliss-reactive ketones (excluding diaryl/α,β-unsaturated/α-hetero) is 1. The standard InChI is InChI=1S/C25H18Cl2FNO5/c1-33-18-4-3-5-19(34-2)20(18)23(30)21-22(13-6-8-14(26)9-7-13)29(25(32)24(21)31)15-10-11-17(28)16(27)12-15/h3-12,22,30H,1-2H3/b23-21+. The molecule has 34 heavy (non-hydrogen) atoms. The van der Waals surface area contributed by atoms with Gasteiger partial charge in [0.25, 0.3) is 11.7 Å². The van der Waals surface area contributed by atoms with Crippen LogP contribution in [0.1, 0.15) is 17.2 Å². The van der Waals surface area contributed by atoms with E-state index >= 15 is 0 Å². The summed E-state index contributed by atoms with van der Waals surface area (Å²) in [6, 6.07) is 13.9. The topological polar surface area (TPSA) is 76.1 Å². The van der Waals surface area contributed by atoms with E-state index in [0.717, 1.165) is 11.0 Å². The number of hydrogen-bond donors (Lipinski definition) is 1. The molecule has 1 amide bonds. The second-order valence-electron chi connectivity index (χ2n) is 7.36. The number of halogens is 3. The fourth-order valence-electron chi connectivity index (χ4n) is 3.91. The number of aliphatic hydroxyl groups is 1. The third-order valence-corrected chi connectivity index (χ3v) is 6.02. The lowest BCUT2D eigenvalue weighted by Gasteiger charge is -2.26. The SMILES string of the molecule is COc1cccc(OC)c1/C(O)=C1\C(=O)C(=O)N(c2ccc(F)c(Cl)c2)C1c1ccc(Cl)cc1. The van der Waals surface area contributed by atoms with E-state index in [1.54, 1.807) is 42.5 Å². The smallest absolute Gasteiger partial charge is 0.300 e. The highest BCUT2D eigenvalue weighted by atomic mass is 35.5. The fourth-order valence-corrected chi connectivity index (χ4v) is 4.21. The van der Waals surface area contributed by atoms with Gasteiger partial charge in [0, 0.05) is 10.7 Å². The van der Waals surface area contributed by atoms with Gasteiger partial charge in [-0.3, -0.25) is 14.5 Å². The number of nitrogens with zero attached hydrogens (tertiary/aromatic N) is 1. The number of ketones is 1. The molecule has 0 aliphatic carbocycles. The van der Waals surface area contributed by atoms with Gasteiger partial charge in [0.2, 0.25) is 0 Å². The van der Waals surface area contributed by atoms with Crippen molar-refractivity contribution in [2.45, 2.75) is 6.04 Å². The molecule has 1 aliphatic rings. The second kappa shape index (κ2) is 9.37. The molecule has 0 aromatic heterocycles. The summed E-state index contributed by atoms with van der Waals surface area (Å²) in [6.07, 6.45) is 0. The molecule has 6 nitrogen and oxygen atoms in total. The Balaban J connectivity index is 2.01. The summed E-state index contributed by atoms with van der Waals surface area (Å²) in [5.74, 6) is -2.54. The molecule has 1 saturated heterocycles. The minimum atomic E-state index is -1.06. The molecular weight excluding hydrogens is 484 g/mol. The van der Waals surface area contributed by atoms with E-state index in [0.29, 0.717) is 10.6 Å². The van der Waals surface area contributed by atoms with Crippen molar-refractivity contribution in [3.8, 4) is 11.5 Å². The average molecular weight is 502 g/mol. The number of carbonyl (C=O) groups excluding carboxylic acids is 2. The Bertz CT molecular complexity index is 1300. The second-order valence-corrected chi connectivity index (χ2v) is 8.20. The normalized spacial score (nSPS) is 17.2. The molecule has 9 heteroatoms. The van der Waals surface area contributed by atoms with Gasteiger partial charge < -0.3 is 14.6 Å². The molecule has 174 valence electrons. The van der Waals surface area contributed by atoms with Crippen molar-refractivity contribution in [2.24, 2.45) is 0 Å². The Kier molecular flexibility index (Phi) is 6.50. The van der Waals surface area contributed by atoms with Crippen molar-refractivity contribution in [3.05, 3.63) is 93.2 Å². The number of methoxy groups -OCH3 is 2. The average Bonchev–Trinajstić information content (AvgIpc) is 3.10. The van der Waals surface area contributed by atoms with Crippen molar-refractivity contribution in [3.63, 3.8) is 0 Å². The minimum absolute atomic E-state index is 0.113. The zero-order valence-corrected chi connectivity index (χ0v) is 19.5. The first-order valence-corrected chi connectivity index (χ1v) is 10.8. The number of aliphatic hydroxyl groups excluding tert-OH is 1. The lowest BCUT2D eigenvalue weighted by atomic mass is 9.94. The van der Waals surface area contributed by atoms with Crippen LogP contribution < -0.4 is 14.4 Å². The molecule has 1 aliphatic heterocycles. The molecule has 0 bridgehead atoms. The van der Waals surface area contributed by atoms with E-state index in [9.17, 15) is 19.1 Å². The fraction of sp³-hybridized carbons (Fsp3) is 0.120. The van der Waals surface area contributed by atoms with Crippen LogP contribution in [-0.2, 0) is 9.59 Å². The van der Waals surface area contributed by atoms with Crippen LogP contribution in [0.2, 0.25) is 10.0 Å². The molecule has 3 aromatic rings. The summed E-state index contributed by atoms with van der Waals surface area (Å²) >= 11 is 12.0. The van der Waals surface area contributed by atoms with Gasteiger partial charge >= 0.3 is 0 Å². The Morgan fingerprint density at radius 2 is 1.59 bits per heavy atom. The largest absolute Gasteiger partial charge is 0.506 e. The zero-order chi connectivity index (χ0) is 24.6. The van der Waals surface area contributed by atoms with E-state index in [1.807, 2.05) is 0 Å². The van der Waals surface area contributed by atoms with E-state index in [-0.39, 0.29) is 33.3 Å².